The van der Waals surface area contributed by atoms with Crippen LogP contribution in [0.15, 0.2) is 78.0 Å². The van der Waals surface area contributed by atoms with E-state index in [4.69, 9.17) is 15.1 Å². The number of fused-ring (bicyclic) bond motifs is 4. The molecule has 6 aromatic rings. The second-order valence-electron chi connectivity index (χ2n) is 8.14. The zero-order valence-corrected chi connectivity index (χ0v) is 19.3. The van der Waals surface area contributed by atoms with Crippen LogP contribution < -0.4 is 0 Å². The Labute approximate surface area is 199 Å². The van der Waals surface area contributed by atoms with Gasteiger partial charge < -0.3 is 4.57 Å². The molecule has 0 saturated heterocycles. The molecule has 0 amide bonds. The number of para-hydroxylation sites is 3. The molecule has 0 bridgehead atoms. The lowest BCUT2D eigenvalue weighted by atomic mass is 10.2. The van der Waals surface area contributed by atoms with Gasteiger partial charge in [0.25, 0.3) is 0 Å². The van der Waals surface area contributed by atoms with Crippen LogP contribution in [-0.2, 0) is 18.7 Å². The van der Waals surface area contributed by atoms with Crippen molar-refractivity contribution in [2.75, 3.05) is 0 Å². The topological polar surface area (TPSA) is 60.9 Å². The van der Waals surface area contributed by atoms with Crippen molar-refractivity contribution >= 4 is 39.3 Å². The van der Waals surface area contributed by atoms with Crippen molar-refractivity contribution in [2.24, 2.45) is 0 Å². The second-order valence-corrected chi connectivity index (χ2v) is 9.09. The highest BCUT2D eigenvalue weighted by Gasteiger charge is 2.15. The summed E-state index contributed by atoms with van der Waals surface area (Å²) in [5.41, 5.74) is 4.66. The first kappa shape index (κ1) is 20.8. The number of nitrogens with zero attached hydrogens (tertiary/aromatic N) is 6. The van der Waals surface area contributed by atoms with Gasteiger partial charge >= 0.3 is 0 Å². The van der Waals surface area contributed by atoms with Crippen LogP contribution in [0.3, 0.4) is 0 Å². The molecule has 34 heavy (non-hydrogen) atoms. The van der Waals surface area contributed by atoms with Crippen molar-refractivity contribution < 1.29 is 4.39 Å². The van der Waals surface area contributed by atoms with E-state index in [-0.39, 0.29) is 5.82 Å². The summed E-state index contributed by atoms with van der Waals surface area (Å²) >= 11 is 1.53. The third kappa shape index (κ3) is 3.80. The first-order valence-corrected chi connectivity index (χ1v) is 12.1. The van der Waals surface area contributed by atoms with Gasteiger partial charge in [0.05, 0.1) is 16.6 Å². The van der Waals surface area contributed by atoms with Gasteiger partial charge in [0, 0.05) is 24.1 Å². The molecule has 168 valence electrons. The van der Waals surface area contributed by atoms with E-state index in [1.54, 1.807) is 12.1 Å². The Kier molecular flexibility index (Phi) is 5.22. The normalized spacial score (nSPS) is 11.7. The fraction of sp³-hybridized carbons (Fsp3) is 0.154. The Morgan fingerprint density at radius 2 is 1.71 bits per heavy atom. The maximum Gasteiger partial charge on any atom is 0.191 e. The summed E-state index contributed by atoms with van der Waals surface area (Å²) in [5, 5.41) is 6.51. The average Bonchev–Trinajstić information content (AvgIpc) is 3.42. The van der Waals surface area contributed by atoms with Crippen molar-refractivity contribution in [1.29, 1.82) is 0 Å². The van der Waals surface area contributed by atoms with Gasteiger partial charge in [0.15, 0.2) is 16.6 Å². The SMILES string of the molecule is Cc1nc2ccccc2n1CCc1nc2c3ccccc3nc(SCc3cccc(F)c3)n2n1. The van der Waals surface area contributed by atoms with Gasteiger partial charge in [-0.2, -0.15) is 4.52 Å². The zero-order valence-electron chi connectivity index (χ0n) is 18.5. The van der Waals surface area contributed by atoms with Crippen LogP contribution in [-0.4, -0.2) is 29.1 Å². The van der Waals surface area contributed by atoms with Crippen LogP contribution in [0, 0.1) is 12.7 Å². The van der Waals surface area contributed by atoms with Gasteiger partial charge in [0.2, 0.25) is 0 Å². The molecular formula is C26H21FN6S. The van der Waals surface area contributed by atoms with Crippen molar-refractivity contribution in [3.8, 4) is 0 Å². The molecule has 0 fully saturated rings. The van der Waals surface area contributed by atoms with Gasteiger partial charge in [-0.25, -0.2) is 19.3 Å². The maximum absolute atomic E-state index is 13.6. The van der Waals surface area contributed by atoms with Crippen LogP contribution in [0.5, 0.6) is 0 Å². The highest BCUT2D eigenvalue weighted by atomic mass is 32.2. The molecule has 6 nitrogen and oxygen atoms in total. The molecule has 0 unspecified atom stereocenters. The zero-order chi connectivity index (χ0) is 23.1. The Hall–Kier alpha value is -3.78. The second kappa shape index (κ2) is 8.53. The number of halogens is 1. The van der Waals surface area contributed by atoms with E-state index >= 15 is 0 Å². The first-order chi connectivity index (χ1) is 16.7. The first-order valence-electron chi connectivity index (χ1n) is 11.1. The number of hydrogen-bond acceptors (Lipinski definition) is 5. The predicted octanol–water partition coefficient (Wildman–Crippen LogP) is 5.61. The van der Waals surface area contributed by atoms with Gasteiger partial charge in [-0.3, -0.25) is 0 Å². The lowest BCUT2D eigenvalue weighted by molar-refractivity contribution is 0.626. The van der Waals surface area contributed by atoms with Gasteiger partial charge in [-0.05, 0) is 48.9 Å². The number of imidazole rings is 1. The van der Waals surface area contributed by atoms with E-state index in [0.29, 0.717) is 12.2 Å². The molecule has 3 heterocycles. The number of aromatic nitrogens is 6. The minimum absolute atomic E-state index is 0.236. The van der Waals surface area contributed by atoms with Crippen molar-refractivity contribution in [1.82, 2.24) is 29.1 Å². The predicted molar refractivity (Wildman–Crippen MR) is 132 cm³/mol. The molecule has 3 aromatic carbocycles. The van der Waals surface area contributed by atoms with E-state index < -0.39 is 0 Å². The summed E-state index contributed by atoms with van der Waals surface area (Å²) in [6.07, 6.45) is 0.672. The van der Waals surface area contributed by atoms with Gasteiger partial charge in [-0.1, -0.05) is 48.2 Å². The van der Waals surface area contributed by atoms with Crippen LogP contribution in [0.1, 0.15) is 17.2 Å². The van der Waals surface area contributed by atoms with Crippen molar-refractivity contribution in [3.05, 3.63) is 95.8 Å². The van der Waals surface area contributed by atoms with E-state index in [1.165, 1.54) is 17.8 Å². The summed E-state index contributed by atoms with van der Waals surface area (Å²) in [6.45, 7) is 2.76. The van der Waals surface area contributed by atoms with Crippen molar-refractivity contribution in [2.45, 2.75) is 30.8 Å². The Morgan fingerprint density at radius 3 is 2.59 bits per heavy atom. The Bertz CT molecular complexity index is 1650. The van der Waals surface area contributed by atoms with Gasteiger partial charge in [-0.15, -0.1) is 5.10 Å². The van der Waals surface area contributed by atoms with Crippen LogP contribution in [0.25, 0.3) is 27.6 Å². The minimum Gasteiger partial charge on any atom is -0.328 e. The Morgan fingerprint density at radius 1 is 0.882 bits per heavy atom. The Balaban J connectivity index is 1.35. The highest BCUT2D eigenvalue weighted by molar-refractivity contribution is 7.98. The number of benzene rings is 3. The van der Waals surface area contributed by atoms with Gasteiger partial charge in [0.1, 0.15) is 11.6 Å². The number of hydrogen-bond donors (Lipinski definition) is 0. The summed E-state index contributed by atoms with van der Waals surface area (Å²) in [5.74, 6) is 2.08. The van der Waals surface area contributed by atoms with Crippen molar-refractivity contribution in [3.63, 3.8) is 0 Å². The molecule has 6 rings (SSSR count). The summed E-state index contributed by atoms with van der Waals surface area (Å²) in [4.78, 5) is 14.4. The number of thioether (sulfide) groups is 1. The molecule has 0 aliphatic heterocycles. The monoisotopic (exact) mass is 468 g/mol. The fourth-order valence-corrected chi connectivity index (χ4v) is 5.12. The lowest BCUT2D eigenvalue weighted by Crippen LogP contribution is -2.05. The third-order valence-electron chi connectivity index (χ3n) is 5.85. The molecule has 3 aromatic heterocycles. The fourth-order valence-electron chi connectivity index (χ4n) is 4.24. The summed E-state index contributed by atoms with van der Waals surface area (Å²) in [7, 11) is 0. The van der Waals surface area contributed by atoms with E-state index in [0.717, 1.165) is 56.5 Å². The van der Waals surface area contributed by atoms with E-state index in [1.807, 2.05) is 60.0 Å². The molecule has 0 spiro atoms. The quantitative estimate of drug-likeness (QED) is 0.235. The highest BCUT2D eigenvalue weighted by Crippen LogP contribution is 2.27. The largest absolute Gasteiger partial charge is 0.328 e. The molecule has 0 atom stereocenters. The van der Waals surface area contributed by atoms with E-state index in [2.05, 4.69) is 15.6 Å². The third-order valence-corrected chi connectivity index (χ3v) is 6.85. The molecule has 0 aliphatic carbocycles. The molecule has 0 aliphatic rings. The molecule has 0 saturated carbocycles. The summed E-state index contributed by atoms with van der Waals surface area (Å²) < 4.78 is 17.7. The molecule has 0 N–H and O–H groups in total. The maximum atomic E-state index is 13.6. The average molecular weight is 469 g/mol. The minimum atomic E-state index is -0.236. The van der Waals surface area contributed by atoms with Crippen LogP contribution >= 0.6 is 11.8 Å². The summed E-state index contributed by atoms with van der Waals surface area (Å²) in [6, 6.07) is 22.8. The molecule has 0 radical (unpaired) electrons. The molecule has 8 heteroatoms. The number of aryl methyl sites for hydroxylation is 3. The number of rotatable bonds is 6. The van der Waals surface area contributed by atoms with E-state index in [9.17, 15) is 4.39 Å². The molecular weight excluding hydrogens is 447 g/mol. The van der Waals surface area contributed by atoms with Crippen LogP contribution in [0.4, 0.5) is 4.39 Å². The lowest BCUT2D eigenvalue weighted by Gasteiger charge is -2.06. The standard InChI is InChI=1S/C26H21FN6S/c1-17-28-22-11-4-5-12-23(22)32(17)14-13-24-30-25-20-9-2-3-10-21(20)29-26(33(25)31-24)34-16-18-7-6-8-19(27)15-18/h2-12,15H,13-14,16H2,1H3. The van der Waals surface area contributed by atoms with Crippen LogP contribution in [0.2, 0.25) is 0 Å². The smallest absolute Gasteiger partial charge is 0.191 e.